The van der Waals surface area contributed by atoms with E-state index >= 15 is 0 Å². The van der Waals surface area contributed by atoms with Gasteiger partial charge in [-0.25, -0.2) is 18.4 Å². The normalized spacial score (nSPS) is 18.4. The first-order valence-corrected chi connectivity index (χ1v) is 12.3. The summed E-state index contributed by atoms with van der Waals surface area (Å²) in [6.07, 6.45) is 0.0664. The molecule has 0 unspecified atom stereocenters. The summed E-state index contributed by atoms with van der Waals surface area (Å²) in [5.41, 5.74) is 3.02. The number of aliphatic hydroxyl groups is 1. The Balaban J connectivity index is 2.04. The number of aliphatic hydroxyl groups excluding tert-OH is 1. The van der Waals surface area contributed by atoms with Crippen molar-refractivity contribution in [1.29, 1.82) is 0 Å². The van der Waals surface area contributed by atoms with Crippen LogP contribution in [0.1, 0.15) is 47.8 Å². The Kier molecular flexibility index (Phi) is 9.43. The summed E-state index contributed by atoms with van der Waals surface area (Å²) in [6, 6.07) is 1.35. The third-order valence-corrected chi connectivity index (χ3v) is 5.73. The topological polar surface area (TPSA) is 188 Å². The fourth-order valence-corrected chi connectivity index (χ4v) is 3.31. The third-order valence-electron chi connectivity index (χ3n) is 4.44. The van der Waals surface area contributed by atoms with Crippen LogP contribution < -0.4 is 11.4 Å². The molecule has 0 bridgehead atoms. The molecule has 14 nitrogen and oxygen atoms in total. The van der Waals surface area contributed by atoms with E-state index in [4.69, 9.17) is 33.5 Å². The van der Waals surface area contributed by atoms with Gasteiger partial charge in [0.25, 0.3) is 0 Å². The molecular formula is C21H32N3O11P. The smallest absolute Gasteiger partial charge is 0.469 e. The zero-order valence-corrected chi connectivity index (χ0v) is 21.9. The molecule has 15 heteroatoms. The van der Waals surface area contributed by atoms with E-state index in [1.54, 1.807) is 41.5 Å². The van der Waals surface area contributed by atoms with E-state index in [0.29, 0.717) is 0 Å². The number of phosphoric acid groups is 1. The SMILES string of the molecule is CC(C)(C)C(=O)OCOP(=O)(OCOC(=O)C(C)(C)C)OCC1=C[C@@H](O)[C@H](n2ccc(N)nc2=O)O1. The second-order valence-electron chi connectivity index (χ2n) is 9.75. The van der Waals surface area contributed by atoms with Crippen LogP contribution in [0.25, 0.3) is 0 Å². The van der Waals surface area contributed by atoms with E-state index < -0.39 is 68.8 Å². The standard InChI is InChI=1S/C21H32N3O11P/c1-20(2,3)17(26)30-11-33-36(29,34-12-31-18(27)21(4,5)6)32-10-13-9-14(25)16(35-13)24-8-7-15(22)23-19(24)28/h7-9,14,16,25H,10-12H2,1-6H3,(H2,22,23,28)/t14-,16-/m1/s1. The van der Waals surface area contributed by atoms with Crippen molar-refractivity contribution in [3.63, 3.8) is 0 Å². The number of anilines is 1. The molecule has 1 aromatic heterocycles. The van der Waals surface area contributed by atoms with Crippen LogP contribution in [0.5, 0.6) is 0 Å². The van der Waals surface area contributed by atoms with Gasteiger partial charge in [-0.2, -0.15) is 4.98 Å². The number of carbonyl (C=O) groups excluding carboxylic acids is 2. The predicted octanol–water partition coefficient (Wildman–Crippen LogP) is 1.85. The highest BCUT2D eigenvalue weighted by molar-refractivity contribution is 7.48. The molecule has 0 aromatic carbocycles. The summed E-state index contributed by atoms with van der Waals surface area (Å²) in [6.45, 7) is 7.58. The molecule has 0 radical (unpaired) electrons. The van der Waals surface area contributed by atoms with Crippen LogP contribution in [0.15, 0.2) is 28.9 Å². The minimum atomic E-state index is -4.47. The Bertz CT molecular complexity index is 1050. The van der Waals surface area contributed by atoms with Gasteiger partial charge in [0, 0.05) is 6.20 Å². The third kappa shape index (κ3) is 8.42. The van der Waals surface area contributed by atoms with Gasteiger partial charge in [-0.15, -0.1) is 0 Å². The number of hydrogen-bond acceptors (Lipinski definition) is 13. The molecule has 1 aliphatic heterocycles. The largest absolute Gasteiger partial charge is 0.481 e. The van der Waals surface area contributed by atoms with E-state index in [0.717, 1.165) is 4.57 Å². The molecule has 202 valence electrons. The van der Waals surface area contributed by atoms with Crippen LogP contribution in [0, 0.1) is 10.8 Å². The van der Waals surface area contributed by atoms with E-state index in [1.807, 2.05) is 0 Å². The molecule has 0 saturated heterocycles. The number of nitrogens with zero attached hydrogens (tertiary/aromatic N) is 2. The van der Waals surface area contributed by atoms with Crippen LogP contribution in [0.4, 0.5) is 5.82 Å². The Morgan fingerprint density at radius 1 is 1.08 bits per heavy atom. The molecule has 2 heterocycles. The maximum absolute atomic E-state index is 13.1. The highest BCUT2D eigenvalue weighted by Crippen LogP contribution is 2.50. The second kappa shape index (κ2) is 11.5. The molecule has 2 rings (SSSR count). The van der Waals surface area contributed by atoms with Crippen molar-refractivity contribution >= 4 is 25.6 Å². The van der Waals surface area contributed by atoms with Gasteiger partial charge < -0.3 is 25.1 Å². The van der Waals surface area contributed by atoms with Crippen LogP contribution in [0.2, 0.25) is 0 Å². The number of hydrogen-bond donors (Lipinski definition) is 2. The molecule has 2 atom stereocenters. The first-order valence-electron chi connectivity index (χ1n) is 10.8. The van der Waals surface area contributed by atoms with Gasteiger partial charge in [0.15, 0.2) is 0 Å². The van der Waals surface area contributed by atoms with Gasteiger partial charge in [0.05, 0.1) is 10.8 Å². The molecule has 1 aliphatic rings. The second-order valence-corrected chi connectivity index (χ2v) is 11.4. The summed E-state index contributed by atoms with van der Waals surface area (Å²) in [4.78, 5) is 39.5. The Morgan fingerprint density at radius 3 is 2.08 bits per heavy atom. The maximum atomic E-state index is 13.1. The predicted molar refractivity (Wildman–Crippen MR) is 124 cm³/mol. The summed E-state index contributed by atoms with van der Waals surface area (Å²) in [5, 5.41) is 10.3. The first-order chi connectivity index (χ1) is 16.5. The highest BCUT2D eigenvalue weighted by atomic mass is 31.2. The fourth-order valence-electron chi connectivity index (χ4n) is 2.44. The molecule has 0 spiro atoms. The number of rotatable bonds is 10. The lowest BCUT2D eigenvalue weighted by atomic mass is 9.98. The lowest BCUT2D eigenvalue weighted by Gasteiger charge is -2.22. The number of phosphoric ester groups is 1. The van der Waals surface area contributed by atoms with E-state index in [-0.39, 0.29) is 11.6 Å². The number of nitrogens with two attached hydrogens (primary N) is 1. The molecule has 0 amide bonds. The van der Waals surface area contributed by atoms with Crippen LogP contribution >= 0.6 is 7.82 Å². The Hall–Kier alpha value is -2.77. The molecule has 3 N–H and O–H groups in total. The molecule has 0 aliphatic carbocycles. The summed E-state index contributed by atoms with van der Waals surface area (Å²) < 4.78 is 44.8. The molecule has 0 fully saturated rings. The minimum Gasteiger partial charge on any atom is -0.469 e. The van der Waals surface area contributed by atoms with Gasteiger partial charge in [-0.3, -0.25) is 18.7 Å². The average Bonchev–Trinajstić information content (AvgIpc) is 3.11. The summed E-state index contributed by atoms with van der Waals surface area (Å²) >= 11 is 0. The maximum Gasteiger partial charge on any atom is 0.481 e. The van der Waals surface area contributed by atoms with Gasteiger partial charge in [-0.05, 0) is 53.7 Å². The van der Waals surface area contributed by atoms with E-state index in [9.17, 15) is 24.1 Å². The minimum absolute atomic E-state index is 0.00480. The van der Waals surface area contributed by atoms with E-state index in [2.05, 4.69) is 4.98 Å². The molecule has 36 heavy (non-hydrogen) atoms. The summed E-state index contributed by atoms with van der Waals surface area (Å²) in [7, 11) is -4.47. The molecular weight excluding hydrogens is 501 g/mol. The monoisotopic (exact) mass is 533 g/mol. The van der Waals surface area contributed by atoms with Crippen molar-refractivity contribution < 1.29 is 47.0 Å². The molecule has 0 saturated carbocycles. The number of carbonyl (C=O) groups is 2. The van der Waals surface area contributed by atoms with Gasteiger partial charge in [-0.1, -0.05) is 0 Å². The van der Waals surface area contributed by atoms with Crippen molar-refractivity contribution in [3.8, 4) is 0 Å². The zero-order chi connectivity index (χ0) is 27.3. The van der Waals surface area contributed by atoms with Crippen LogP contribution in [-0.4, -0.2) is 52.9 Å². The Morgan fingerprint density at radius 2 is 1.61 bits per heavy atom. The van der Waals surface area contributed by atoms with E-state index in [1.165, 1.54) is 18.3 Å². The number of esters is 2. The van der Waals surface area contributed by atoms with Crippen molar-refractivity contribution in [3.05, 3.63) is 34.6 Å². The quantitative estimate of drug-likeness (QED) is 0.252. The average molecular weight is 533 g/mol. The summed E-state index contributed by atoms with van der Waals surface area (Å²) in [5.74, 6) is -1.29. The lowest BCUT2D eigenvalue weighted by Crippen LogP contribution is -2.32. The van der Waals surface area contributed by atoms with Crippen molar-refractivity contribution in [1.82, 2.24) is 9.55 Å². The van der Waals surface area contributed by atoms with Crippen LogP contribution in [0.3, 0.4) is 0 Å². The number of aromatic nitrogens is 2. The van der Waals surface area contributed by atoms with Crippen molar-refractivity contribution in [2.24, 2.45) is 10.8 Å². The van der Waals surface area contributed by atoms with Crippen LogP contribution in [-0.2, 0) is 41.9 Å². The first kappa shape index (κ1) is 29.5. The van der Waals surface area contributed by atoms with Crippen molar-refractivity contribution in [2.75, 3.05) is 25.9 Å². The highest BCUT2D eigenvalue weighted by Gasteiger charge is 2.35. The molecule has 1 aromatic rings. The van der Waals surface area contributed by atoms with Gasteiger partial charge >= 0.3 is 25.5 Å². The number of nitrogen functional groups attached to an aromatic ring is 1. The Labute approximate surface area is 207 Å². The number of ether oxygens (including phenoxy) is 3. The van der Waals surface area contributed by atoms with Gasteiger partial charge in [0.1, 0.15) is 24.3 Å². The van der Waals surface area contributed by atoms with Crippen molar-refractivity contribution in [2.45, 2.75) is 53.9 Å². The fraction of sp³-hybridized carbons (Fsp3) is 0.619. The zero-order valence-electron chi connectivity index (χ0n) is 21.0. The van der Waals surface area contributed by atoms with Gasteiger partial charge in [0.2, 0.25) is 19.8 Å². The lowest BCUT2D eigenvalue weighted by molar-refractivity contribution is -0.163.